The summed E-state index contributed by atoms with van der Waals surface area (Å²) in [6.07, 6.45) is 7.48. The number of hydrogen-bond acceptors (Lipinski definition) is 4. The highest BCUT2D eigenvalue weighted by molar-refractivity contribution is 6.17. The van der Waals surface area contributed by atoms with Crippen molar-refractivity contribution in [3.63, 3.8) is 0 Å². The molecule has 0 amide bonds. The molecule has 0 aromatic rings. The van der Waals surface area contributed by atoms with Crippen molar-refractivity contribution in [1.82, 2.24) is 0 Å². The maximum Gasteiger partial charge on any atom is 0.310 e. The quantitative estimate of drug-likeness (QED) is 0.583. The molecular formula is C21H29ClO4. The number of allylic oxidation sites excluding steroid dienone is 1. The lowest BCUT2D eigenvalue weighted by molar-refractivity contribution is -0.154. The second-order valence-corrected chi connectivity index (χ2v) is 9.59. The molecule has 4 aliphatic rings. The molecule has 26 heavy (non-hydrogen) atoms. The zero-order valence-electron chi connectivity index (χ0n) is 15.7. The molecule has 3 fully saturated rings. The first-order valence-corrected chi connectivity index (χ1v) is 10.5. The average Bonchev–Trinajstić information content (AvgIpc) is 2.94. The summed E-state index contributed by atoms with van der Waals surface area (Å²) in [6.45, 7) is 4.52. The first-order valence-electron chi connectivity index (χ1n) is 9.97. The summed E-state index contributed by atoms with van der Waals surface area (Å²) in [5.74, 6) is 1.26. The Bertz CT molecular complexity index is 658. The van der Waals surface area contributed by atoms with Gasteiger partial charge in [0.05, 0.1) is 5.92 Å². The Morgan fingerprint density at radius 3 is 2.77 bits per heavy atom. The topological polar surface area (TPSA) is 63.6 Å². The van der Waals surface area contributed by atoms with Gasteiger partial charge in [0.15, 0.2) is 11.8 Å². The highest BCUT2D eigenvalue weighted by Crippen LogP contribution is 2.66. The van der Waals surface area contributed by atoms with E-state index in [1.54, 1.807) is 6.08 Å². The van der Waals surface area contributed by atoms with Gasteiger partial charge in [0.1, 0.15) is 6.10 Å². The van der Waals surface area contributed by atoms with E-state index < -0.39 is 6.10 Å². The fourth-order valence-electron chi connectivity index (χ4n) is 7.16. The van der Waals surface area contributed by atoms with Gasteiger partial charge in [-0.25, -0.2) is 0 Å². The van der Waals surface area contributed by atoms with Crippen LogP contribution < -0.4 is 0 Å². The third kappa shape index (κ3) is 2.51. The Kier molecular flexibility index (Phi) is 4.51. The lowest BCUT2D eigenvalue weighted by Gasteiger charge is -2.58. The van der Waals surface area contributed by atoms with Crippen LogP contribution in [0, 0.1) is 34.5 Å². The largest absolute Gasteiger partial charge is 0.449 e. The van der Waals surface area contributed by atoms with Gasteiger partial charge in [0, 0.05) is 0 Å². The lowest BCUT2D eigenvalue weighted by atomic mass is 9.46. The van der Waals surface area contributed by atoms with Crippen molar-refractivity contribution in [3.8, 4) is 0 Å². The van der Waals surface area contributed by atoms with Crippen LogP contribution in [0.5, 0.6) is 0 Å². The second-order valence-electron chi connectivity index (χ2n) is 9.37. The monoisotopic (exact) mass is 380 g/mol. The van der Waals surface area contributed by atoms with Gasteiger partial charge >= 0.3 is 5.97 Å². The molecule has 1 N–H and O–H groups in total. The lowest BCUT2D eigenvalue weighted by Crippen LogP contribution is -2.52. The van der Waals surface area contributed by atoms with Crippen LogP contribution >= 0.6 is 11.6 Å². The summed E-state index contributed by atoms with van der Waals surface area (Å²) in [5, 5.41) is 10.2. The molecular weight excluding hydrogens is 352 g/mol. The number of alkyl halides is 1. The minimum absolute atomic E-state index is 0.00894. The highest BCUT2D eigenvalue weighted by Gasteiger charge is 2.61. The molecule has 144 valence electrons. The molecule has 0 heterocycles. The third-order valence-electron chi connectivity index (χ3n) is 8.48. The summed E-state index contributed by atoms with van der Waals surface area (Å²) in [7, 11) is 0. The summed E-state index contributed by atoms with van der Waals surface area (Å²) >= 11 is 5.63. The maximum atomic E-state index is 12.4. The van der Waals surface area contributed by atoms with Crippen LogP contribution in [0.1, 0.15) is 58.8 Å². The number of rotatable bonds is 2. The number of aliphatic hydroxyl groups is 1. The van der Waals surface area contributed by atoms with Crippen LogP contribution in [0.4, 0.5) is 0 Å². The molecule has 0 bridgehead atoms. The van der Waals surface area contributed by atoms with E-state index in [1.165, 1.54) is 5.57 Å². The summed E-state index contributed by atoms with van der Waals surface area (Å²) in [5.41, 5.74) is 1.16. The fourth-order valence-corrected chi connectivity index (χ4v) is 7.27. The molecule has 5 heteroatoms. The van der Waals surface area contributed by atoms with Crippen LogP contribution in [-0.2, 0) is 14.3 Å². The normalized spacial score (nSPS) is 47.5. The smallest absolute Gasteiger partial charge is 0.310 e. The zero-order chi connectivity index (χ0) is 18.7. The maximum absolute atomic E-state index is 12.4. The first-order chi connectivity index (χ1) is 12.3. The predicted molar refractivity (Wildman–Crippen MR) is 98.4 cm³/mol. The van der Waals surface area contributed by atoms with Gasteiger partial charge in [-0.1, -0.05) is 31.0 Å². The van der Waals surface area contributed by atoms with E-state index in [-0.39, 0.29) is 34.6 Å². The number of hydrogen-bond donors (Lipinski definition) is 1. The van der Waals surface area contributed by atoms with Gasteiger partial charge in [-0.05, 0) is 79.6 Å². The molecule has 7 atom stereocenters. The van der Waals surface area contributed by atoms with Crippen LogP contribution in [0.15, 0.2) is 11.6 Å². The van der Waals surface area contributed by atoms with E-state index >= 15 is 0 Å². The number of ether oxygens (including phenoxy) is 1. The Labute approximate surface area is 160 Å². The minimum atomic E-state index is -0.856. The molecule has 0 aliphatic heterocycles. The van der Waals surface area contributed by atoms with Gasteiger partial charge in [-0.15, -0.1) is 0 Å². The number of fused-ring (bicyclic) bond motifs is 5. The molecule has 0 aromatic carbocycles. The van der Waals surface area contributed by atoms with Gasteiger partial charge in [-0.3, -0.25) is 9.59 Å². The van der Waals surface area contributed by atoms with E-state index in [0.717, 1.165) is 38.5 Å². The van der Waals surface area contributed by atoms with Gasteiger partial charge < -0.3 is 9.84 Å². The summed E-state index contributed by atoms with van der Waals surface area (Å²) in [4.78, 5) is 24.4. The van der Waals surface area contributed by atoms with Gasteiger partial charge in [-0.2, -0.15) is 0 Å². The zero-order valence-corrected chi connectivity index (χ0v) is 16.4. The predicted octanol–water partition coefficient (Wildman–Crippen LogP) is 3.84. The van der Waals surface area contributed by atoms with Crippen molar-refractivity contribution in [2.45, 2.75) is 64.9 Å². The standard InChI is InChI=1S/C21H29ClO4/c1-20-8-7-15-13(14(20)5-6-16(20)19(25)26-11-22)4-3-12-9-17(23)18(24)10-21(12,15)2/h9,13-16,18,24H,3-8,10-11H2,1-2H3/t13-,14-,15-,16?,18?,20-,21-/m0/s1. The van der Waals surface area contributed by atoms with Crippen molar-refractivity contribution in [2.75, 3.05) is 6.07 Å². The molecule has 0 radical (unpaired) electrons. The molecule has 4 rings (SSSR count). The summed E-state index contributed by atoms with van der Waals surface area (Å²) < 4.78 is 5.15. The third-order valence-corrected chi connectivity index (χ3v) is 8.59. The Balaban J connectivity index is 1.62. The fraction of sp³-hybridized carbons (Fsp3) is 0.810. The number of ketones is 1. The van der Waals surface area contributed by atoms with Gasteiger partial charge in [0.2, 0.25) is 0 Å². The van der Waals surface area contributed by atoms with Crippen LogP contribution in [0.3, 0.4) is 0 Å². The van der Waals surface area contributed by atoms with E-state index in [9.17, 15) is 14.7 Å². The molecule has 0 saturated heterocycles. The van der Waals surface area contributed by atoms with Crippen molar-refractivity contribution >= 4 is 23.4 Å². The van der Waals surface area contributed by atoms with Crippen LogP contribution in [-0.4, -0.2) is 29.0 Å². The van der Waals surface area contributed by atoms with E-state index in [0.29, 0.717) is 24.2 Å². The van der Waals surface area contributed by atoms with E-state index in [1.807, 2.05) is 0 Å². The average molecular weight is 381 g/mol. The van der Waals surface area contributed by atoms with E-state index in [2.05, 4.69) is 13.8 Å². The van der Waals surface area contributed by atoms with Gasteiger partial charge in [0.25, 0.3) is 0 Å². The molecule has 4 aliphatic carbocycles. The number of carbonyl (C=O) groups excluding carboxylic acids is 2. The SMILES string of the molecule is C[C@]12CC(O)C(=O)C=C1CC[C@@H]1[C@@H]2CC[C@]2(C)C(C(=O)OCCl)CC[C@@H]12. The highest BCUT2D eigenvalue weighted by atomic mass is 35.5. The number of halogens is 1. The molecule has 3 saturated carbocycles. The van der Waals surface area contributed by atoms with Crippen LogP contribution in [0.2, 0.25) is 0 Å². The molecule has 0 aromatic heterocycles. The number of esters is 1. The Morgan fingerprint density at radius 2 is 2.04 bits per heavy atom. The molecule has 2 unspecified atom stereocenters. The van der Waals surface area contributed by atoms with Crippen molar-refractivity contribution in [2.24, 2.45) is 34.5 Å². The Hall–Kier alpha value is -0.870. The van der Waals surface area contributed by atoms with Crippen molar-refractivity contribution < 1.29 is 19.4 Å². The minimum Gasteiger partial charge on any atom is -0.449 e. The van der Waals surface area contributed by atoms with E-state index in [4.69, 9.17) is 16.3 Å². The molecule has 0 spiro atoms. The summed E-state index contributed by atoms with van der Waals surface area (Å²) in [6, 6.07) is -0.0692. The number of aliphatic hydroxyl groups excluding tert-OH is 1. The van der Waals surface area contributed by atoms with Crippen molar-refractivity contribution in [1.29, 1.82) is 0 Å². The second kappa shape index (κ2) is 6.34. The van der Waals surface area contributed by atoms with Crippen LogP contribution in [0.25, 0.3) is 0 Å². The molecule has 4 nitrogen and oxygen atoms in total. The van der Waals surface area contributed by atoms with Crippen molar-refractivity contribution in [3.05, 3.63) is 11.6 Å². The number of carbonyl (C=O) groups is 2. The first kappa shape index (κ1) is 18.5. The Morgan fingerprint density at radius 1 is 1.27 bits per heavy atom.